The molecular formula is C14H18. The molecule has 0 saturated heterocycles. The molecule has 0 spiro atoms. The molecular weight excluding hydrogens is 168 g/mol. The zero-order valence-electron chi connectivity index (χ0n) is 8.87. The van der Waals surface area contributed by atoms with Crippen LogP contribution in [-0.4, -0.2) is 0 Å². The highest BCUT2D eigenvalue weighted by atomic mass is 14.3. The predicted octanol–water partition coefficient (Wildman–Crippen LogP) is 3.98. The maximum atomic E-state index is 2.42. The van der Waals surface area contributed by atoms with Crippen LogP contribution >= 0.6 is 0 Å². The Bertz CT molecular complexity index is 304. The molecule has 1 aliphatic rings. The minimum absolute atomic E-state index is 0.936. The van der Waals surface area contributed by atoms with Crippen LogP contribution in [0.5, 0.6) is 0 Å². The zero-order valence-corrected chi connectivity index (χ0v) is 8.87. The number of hydrogen-bond donors (Lipinski definition) is 0. The van der Waals surface area contributed by atoms with E-state index in [1.807, 2.05) is 0 Å². The maximum absolute atomic E-state index is 2.42. The SMILES string of the molecule is C/C(=C\CCc1ccccc1)C1CC1. The molecule has 1 saturated carbocycles. The van der Waals surface area contributed by atoms with Crippen LogP contribution in [0.3, 0.4) is 0 Å². The van der Waals surface area contributed by atoms with Crippen molar-refractivity contribution in [2.24, 2.45) is 5.92 Å². The summed E-state index contributed by atoms with van der Waals surface area (Å²) >= 11 is 0. The summed E-state index contributed by atoms with van der Waals surface area (Å²) in [6.45, 7) is 2.28. The molecule has 0 atom stereocenters. The minimum Gasteiger partial charge on any atom is -0.0850 e. The van der Waals surface area contributed by atoms with Crippen LogP contribution in [0.25, 0.3) is 0 Å². The Hall–Kier alpha value is -1.04. The van der Waals surface area contributed by atoms with Gasteiger partial charge in [0.1, 0.15) is 0 Å². The summed E-state index contributed by atoms with van der Waals surface area (Å²) in [7, 11) is 0. The van der Waals surface area contributed by atoms with Gasteiger partial charge in [0.05, 0.1) is 0 Å². The highest BCUT2D eigenvalue weighted by Gasteiger charge is 2.22. The molecule has 1 aliphatic carbocycles. The second kappa shape index (κ2) is 4.45. The van der Waals surface area contributed by atoms with E-state index in [0.717, 1.165) is 5.92 Å². The van der Waals surface area contributed by atoms with Crippen molar-refractivity contribution in [3.05, 3.63) is 47.5 Å². The molecule has 2 rings (SSSR count). The summed E-state index contributed by atoms with van der Waals surface area (Å²) in [6, 6.07) is 10.7. The van der Waals surface area contributed by atoms with E-state index in [1.165, 1.54) is 31.2 Å². The third kappa shape index (κ3) is 2.73. The lowest BCUT2D eigenvalue weighted by molar-refractivity contribution is 0.936. The Morgan fingerprint density at radius 3 is 2.64 bits per heavy atom. The molecule has 1 fully saturated rings. The first-order chi connectivity index (χ1) is 6.86. The van der Waals surface area contributed by atoms with Gasteiger partial charge >= 0.3 is 0 Å². The average molecular weight is 186 g/mol. The van der Waals surface area contributed by atoms with Gasteiger partial charge in [-0.1, -0.05) is 42.0 Å². The molecule has 0 amide bonds. The van der Waals surface area contributed by atoms with Gasteiger partial charge in [-0.25, -0.2) is 0 Å². The maximum Gasteiger partial charge on any atom is -0.0206 e. The number of aryl methyl sites for hydroxylation is 1. The van der Waals surface area contributed by atoms with E-state index in [9.17, 15) is 0 Å². The van der Waals surface area contributed by atoms with Crippen LogP contribution in [0.15, 0.2) is 42.0 Å². The molecule has 14 heavy (non-hydrogen) atoms. The lowest BCUT2D eigenvalue weighted by Gasteiger charge is -1.99. The fraction of sp³-hybridized carbons (Fsp3) is 0.429. The van der Waals surface area contributed by atoms with Crippen molar-refractivity contribution < 1.29 is 0 Å². The molecule has 74 valence electrons. The van der Waals surface area contributed by atoms with Crippen LogP contribution in [0.4, 0.5) is 0 Å². The zero-order chi connectivity index (χ0) is 9.80. The van der Waals surface area contributed by atoms with Crippen molar-refractivity contribution in [3.63, 3.8) is 0 Å². The fourth-order valence-electron chi connectivity index (χ4n) is 1.82. The topological polar surface area (TPSA) is 0 Å². The van der Waals surface area contributed by atoms with Gasteiger partial charge in [-0.3, -0.25) is 0 Å². The van der Waals surface area contributed by atoms with Crippen molar-refractivity contribution in [2.75, 3.05) is 0 Å². The van der Waals surface area contributed by atoms with Gasteiger partial charge in [0.15, 0.2) is 0 Å². The van der Waals surface area contributed by atoms with Gasteiger partial charge in [-0.15, -0.1) is 0 Å². The van der Waals surface area contributed by atoms with E-state index in [0.29, 0.717) is 0 Å². The van der Waals surface area contributed by atoms with Crippen molar-refractivity contribution in [1.82, 2.24) is 0 Å². The van der Waals surface area contributed by atoms with E-state index < -0.39 is 0 Å². The predicted molar refractivity (Wildman–Crippen MR) is 61.2 cm³/mol. The molecule has 0 radical (unpaired) electrons. The third-order valence-electron chi connectivity index (χ3n) is 2.96. The molecule has 0 bridgehead atoms. The average Bonchev–Trinajstić information content (AvgIpc) is 3.02. The highest BCUT2D eigenvalue weighted by molar-refractivity contribution is 5.16. The molecule has 0 aliphatic heterocycles. The Kier molecular flexibility index (Phi) is 3.03. The van der Waals surface area contributed by atoms with E-state index in [-0.39, 0.29) is 0 Å². The Balaban J connectivity index is 1.80. The van der Waals surface area contributed by atoms with Crippen molar-refractivity contribution in [1.29, 1.82) is 0 Å². The summed E-state index contributed by atoms with van der Waals surface area (Å²) < 4.78 is 0. The van der Waals surface area contributed by atoms with Gasteiger partial charge < -0.3 is 0 Å². The summed E-state index contributed by atoms with van der Waals surface area (Å²) in [5.41, 5.74) is 3.06. The summed E-state index contributed by atoms with van der Waals surface area (Å²) in [5, 5.41) is 0. The Morgan fingerprint density at radius 2 is 2.00 bits per heavy atom. The van der Waals surface area contributed by atoms with E-state index in [2.05, 4.69) is 43.3 Å². The quantitative estimate of drug-likeness (QED) is 0.624. The molecule has 1 aromatic rings. The molecule has 1 aromatic carbocycles. The summed E-state index contributed by atoms with van der Waals surface area (Å²) in [5.74, 6) is 0.936. The van der Waals surface area contributed by atoms with Crippen LogP contribution in [-0.2, 0) is 6.42 Å². The number of benzene rings is 1. The monoisotopic (exact) mass is 186 g/mol. The van der Waals surface area contributed by atoms with Crippen molar-refractivity contribution >= 4 is 0 Å². The van der Waals surface area contributed by atoms with Gasteiger partial charge in [0, 0.05) is 0 Å². The van der Waals surface area contributed by atoms with Crippen LogP contribution in [0.1, 0.15) is 31.7 Å². The Morgan fingerprint density at radius 1 is 1.29 bits per heavy atom. The molecule has 0 N–H and O–H groups in total. The van der Waals surface area contributed by atoms with Gasteiger partial charge in [-0.05, 0) is 44.1 Å². The van der Waals surface area contributed by atoms with Crippen LogP contribution in [0.2, 0.25) is 0 Å². The third-order valence-corrected chi connectivity index (χ3v) is 2.96. The van der Waals surface area contributed by atoms with E-state index in [4.69, 9.17) is 0 Å². The van der Waals surface area contributed by atoms with E-state index >= 15 is 0 Å². The minimum atomic E-state index is 0.936. The standard InChI is InChI=1S/C14H18/c1-12(14-10-11-14)6-5-9-13-7-3-2-4-8-13/h2-4,6-8,14H,5,9-11H2,1H3/b12-6+. The summed E-state index contributed by atoms with van der Waals surface area (Å²) in [6.07, 6.45) is 7.66. The molecule has 0 heterocycles. The highest BCUT2D eigenvalue weighted by Crippen LogP contribution is 2.36. The van der Waals surface area contributed by atoms with Crippen molar-refractivity contribution in [3.8, 4) is 0 Å². The number of allylic oxidation sites excluding steroid dienone is 2. The first-order valence-electron chi connectivity index (χ1n) is 5.57. The first kappa shape index (κ1) is 9.51. The smallest absolute Gasteiger partial charge is 0.0206 e. The van der Waals surface area contributed by atoms with Gasteiger partial charge in [0.2, 0.25) is 0 Å². The molecule has 0 unspecified atom stereocenters. The molecule has 0 aromatic heterocycles. The molecule has 0 heteroatoms. The second-order valence-corrected chi connectivity index (χ2v) is 4.25. The first-order valence-corrected chi connectivity index (χ1v) is 5.57. The van der Waals surface area contributed by atoms with Crippen LogP contribution < -0.4 is 0 Å². The lowest BCUT2D eigenvalue weighted by atomic mass is 10.1. The molecule has 0 nitrogen and oxygen atoms in total. The summed E-state index contributed by atoms with van der Waals surface area (Å²) in [4.78, 5) is 0. The fourth-order valence-corrected chi connectivity index (χ4v) is 1.82. The normalized spacial score (nSPS) is 17.1. The van der Waals surface area contributed by atoms with Crippen LogP contribution in [0, 0.1) is 5.92 Å². The lowest BCUT2D eigenvalue weighted by Crippen LogP contribution is -1.84. The number of rotatable bonds is 4. The van der Waals surface area contributed by atoms with Gasteiger partial charge in [0.25, 0.3) is 0 Å². The largest absolute Gasteiger partial charge is 0.0850 e. The number of hydrogen-bond acceptors (Lipinski definition) is 0. The van der Waals surface area contributed by atoms with E-state index in [1.54, 1.807) is 5.57 Å². The van der Waals surface area contributed by atoms with Crippen molar-refractivity contribution in [2.45, 2.75) is 32.6 Å². The Labute approximate surface area is 86.7 Å². The second-order valence-electron chi connectivity index (χ2n) is 4.25. The van der Waals surface area contributed by atoms with Gasteiger partial charge in [-0.2, -0.15) is 0 Å².